The number of rotatable bonds is 0. The van der Waals surface area contributed by atoms with Gasteiger partial charge in [-0.05, 0) is 22.9 Å². The third-order valence-electron chi connectivity index (χ3n) is 0.420. The number of aliphatic imine (C=N–C) groups is 2. The highest BCUT2D eigenvalue weighted by Gasteiger charge is 1.75. The Morgan fingerprint density at radius 3 is 2.43 bits per heavy atom. The number of hydrogen-bond donors (Lipinski definition) is 0. The Kier molecular flexibility index (Phi) is 3.89. The maximum atomic E-state index is 3.78. The van der Waals surface area contributed by atoms with Gasteiger partial charge < -0.3 is 0 Å². The SMILES string of the molecule is C/C=N\C(Br)=NC. The van der Waals surface area contributed by atoms with Crippen molar-refractivity contribution in [3.63, 3.8) is 0 Å². The Morgan fingerprint density at radius 2 is 2.29 bits per heavy atom. The molecule has 0 aromatic heterocycles. The van der Waals surface area contributed by atoms with Crippen LogP contribution in [0, 0.1) is 0 Å². The Bertz CT molecular complexity index is 95.9. The van der Waals surface area contributed by atoms with Crippen molar-refractivity contribution in [2.45, 2.75) is 6.92 Å². The van der Waals surface area contributed by atoms with Crippen molar-refractivity contribution in [1.82, 2.24) is 0 Å². The fourth-order valence-corrected chi connectivity index (χ4v) is 0.369. The van der Waals surface area contributed by atoms with Crippen molar-refractivity contribution >= 4 is 26.9 Å². The molecule has 0 aromatic carbocycles. The average molecular weight is 163 g/mol. The smallest absolute Gasteiger partial charge is 0.191 e. The van der Waals surface area contributed by atoms with Gasteiger partial charge in [-0.15, -0.1) is 0 Å². The van der Waals surface area contributed by atoms with Crippen LogP contribution in [0.15, 0.2) is 9.98 Å². The van der Waals surface area contributed by atoms with Gasteiger partial charge in [-0.3, -0.25) is 4.99 Å². The summed E-state index contributed by atoms with van der Waals surface area (Å²) in [6.45, 7) is 1.84. The molecule has 0 amide bonds. The maximum absolute atomic E-state index is 3.78. The molecule has 0 unspecified atom stereocenters. The van der Waals surface area contributed by atoms with Gasteiger partial charge in [0.25, 0.3) is 0 Å². The summed E-state index contributed by atoms with van der Waals surface area (Å²) in [6.07, 6.45) is 1.68. The van der Waals surface area contributed by atoms with Crippen LogP contribution in [0.5, 0.6) is 0 Å². The van der Waals surface area contributed by atoms with Gasteiger partial charge in [0.2, 0.25) is 0 Å². The summed E-state index contributed by atoms with van der Waals surface area (Å²) in [5.41, 5.74) is 0. The van der Waals surface area contributed by atoms with Crippen LogP contribution >= 0.6 is 15.9 Å². The molecule has 0 fully saturated rings. The zero-order valence-electron chi connectivity index (χ0n) is 4.35. The molecular weight excluding hydrogens is 156 g/mol. The minimum atomic E-state index is 0.634. The molecular formula is C4H7BrN2. The average Bonchev–Trinajstić information content (AvgIpc) is 1.68. The van der Waals surface area contributed by atoms with Gasteiger partial charge in [0.1, 0.15) is 0 Å². The highest BCUT2D eigenvalue weighted by atomic mass is 79.9. The normalized spacial score (nSPS) is 13.3. The molecule has 0 atom stereocenters. The van der Waals surface area contributed by atoms with E-state index < -0.39 is 0 Å². The van der Waals surface area contributed by atoms with Gasteiger partial charge >= 0.3 is 0 Å². The van der Waals surface area contributed by atoms with Gasteiger partial charge in [0, 0.05) is 13.3 Å². The zero-order valence-corrected chi connectivity index (χ0v) is 5.94. The molecule has 0 aliphatic heterocycles. The second kappa shape index (κ2) is 3.99. The van der Waals surface area contributed by atoms with E-state index >= 15 is 0 Å². The fourth-order valence-electron chi connectivity index (χ4n) is 0.164. The Balaban J connectivity index is 3.58. The summed E-state index contributed by atoms with van der Waals surface area (Å²) in [5.74, 6) is 0. The van der Waals surface area contributed by atoms with Crippen molar-refractivity contribution < 1.29 is 0 Å². The van der Waals surface area contributed by atoms with Crippen molar-refractivity contribution in [1.29, 1.82) is 0 Å². The van der Waals surface area contributed by atoms with Crippen LogP contribution in [-0.2, 0) is 0 Å². The summed E-state index contributed by atoms with van der Waals surface area (Å²) in [4.78, 5) is 7.50. The van der Waals surface area contributed by atoms with E-state index in [4.69, 9.17) is 0 Å². The van der Waals surface area contributed by atoms with Crippen molar-refractivity contribution in [2.24, 2.45) is 9.98 Å². The second-order valence-electron chi connectivity index (χ2n) is 0.880. The number of hydrogen-bond acceptors (Lipinski definition) is 1. The molecule has 7 heavy (non-hydrogen) atoms. The lowest BCUT2D eigenvalue weighted by atomic mass is 10.9. The van der Waals surface area contributed by atoms with E-state index in [-0.39, 0.29) is 0 Å². The molecule has 0 spiro atoms. The Hall–Kier alpha value is -0.180. The summed E-state index contributed by atoms with van der Waals surface area (Å²) in [6, 6.07) is 0. The van der Waals surface area contributed by atoms with E-state index in [1.165, 1.54) is 0 Å². The van der Waals surface area contributed by atoms with Crippen LogP contribution in [0.4, 0.5) is 0 Å². The number of nitrogens with zero attached hydrogens (tertiary/aromatic N) is 2. The molecule has 2 nitrogen and oxygen atoms in total. The fraction of sp³-hybridized carbons (Fsp3) is 0.500. The molecule has 0 saturated carbocycles. The molecule has 3 heteroatoms. The molecule has 0 aliphatic carbocycles. The topological polar surface area (TPSA) is 24.7 Å². The van der Waals surface area contributed by atoms with Crippen LogP contribution in [0.25, 0.3) is 0 Å². The first kappa shape index (κ1) is 6.82. The number of halogens is 1. The number of amidine groups is 1. The predicted molar refractivity (Wildman–Crippen MR) is 36.5 cm³/mol. The molecule has 0 saturated heterocycles. The predicted octanol–water partition coefficient (Wildman–Crippen LogP) is 1.46. The van der Waals surface area contributed by atoms with Crippen LogP contribution in [-0.4, -0.2) is 18.0 Å². The third kappa shape index (κ3) is 3.66. The molecule has 0 bridgehead atoms. The molecule has 0 heterocycles. The van der Waals surface area contributed by atoms with Gasteiger partial charge in [0.15, 0.2) is 4.74 Å². The van der Waals surface area contributed by atoms with Crippen molar-refractivity contribution in [3.05, 3.63) is 0 Å². The summed E-state index contributed by atoms with van der Waals surface area (Å²) < 4.78 is 0.634. The molecule has 0 rings (SSSR count). The van der Waals surface area contributed by atoms with Crippen LogP contribution < -0.4 is 0 Å². The quantitative estimate of drug-likeness (QED) is 0.293. The zero-order chi connectivity index (χ0) is 5.70. The van der Waals surface area contributed by atoms with Gasteiger partial charge in [-0.25, -0.2) is 4.99 Å². The van der Waals surface area contributed by atoms with E-state index in [0.717, 1.165) is 0 Å². The van der Waals surface area contributed by atoms with Gasteiger partial charge in [-0.2, -0.15) is 0 Å². The highest BCUT2D eigenvalue weighted by Crippen LogP contribution is 1.86. The summed E-state index contributed by atoms with van der Waals surface area (Å²) in [7, 11) is 1.68. The lowest BCUT2D eigenvalue weighted by molar-refractivity contribution is 1.44. The minimum Gasteiger partial charge on any atom is -0.264 e. The lowest BCUT2D eigenvalue weighted by Crippen LogP contribution is -1.75. The molecule has 0 aromatic rings. The lowest BCUT2D eigenvalue weighted by Gasteiger charge is -1.78. The van der Waals surface area contributed by atoms with Gasteiger partial charge in [0.05, 0.1) is 0 Å². The third-order valence-corrected chi connectivity index (χ3v) is 0.980. The van der Waals surface area contributed by atoms with E-state index in [1.807, 2.05) is 6.92 Å². The summed E-state index contributed by atoms with van der Waals surface area (Å²) in [5, 5.41) is 0. The Labute approximate surface area is 51.5 Å². The molecule has 40 valence electrons. The largest absolute Gasteiger partial charge is 0.264 e. The first-order valence-electron chi connectivity index (χ1n) is 1.92. The first-order chi connectivity index (χ1) is 3.31. The van der Waals surface area contributed by atoms with Gasteiger partial charge in [-0.1, -0.05) is 0 Å². The van der Waals surface area contributed by atoms with Crippen LogP contribution in [0.2, 0.25) is 0 Å². The molecule has 0 radical (unpaired) electrons. The van der Waals surface area contributed by atoms with Crippen molar-refractivity contribution in [2.75, 3.05) is 7.05 Å². The molecule has 0 aliphatic rings. The maximum Gasteiger partial charge on any atom is 0.191 e. The standard InChI is InChI=1S/C4H7BrN2/c1-3-7-4(5)6-2/h3H,1-2H3/b6-4?,7-3-. The summed E-state index contributed by atoms with van der Waals surface area (Å²) >= 11 is 3.09. The van der Waals surface area contributed by atoms with E-state index in [0.29, 0.717) is 4.74 Å². The van der Waals surface area contributed by atoms with E-state index in [1.54, 1.807) is 13.3 Å². The van der Waals surface area contributed by atoms with Crippen LogP contribution in [0.3, 0.4) is 0 Å². The molecule has 0 N–H and O–H groups in total. The first-order valence-corrected chi connectivity index (χ1v) is 2.71. The minimum absolute atomic E-state index is 0.634. The van der Waals surface area contributed by atoms with Crippen molar-refractivity contribution in [3.8, 4) is 0 Å². The Morgan fingerprint density at radius 1 is 1.71 bits per heavy atom. The van der Waals surface area contributed by atoms with Crippen LogP contribution in [0.1, 0.15) is 6.92 Å². The second-order valence-corrected chi connectivity index (χ2v) is 1.59. The highest BCUT2D eigenvalue weighted by molar-refractivity contribution is 9.18. The van der Waals surface area contributed by atoms with E-state index in [2.05, 4.69) is 25.9 Å². The monoisotopic (exact) mass is 162 g/mol. The van der Waals surface area contributed by atoms with E-state index in [9.17, 15) is 0 Å².